The third-order valence-corrected chi connectivity index (χ3v) is 4.54. The lowest BCUT2D eigenvalue weighted by Gasteiger charge is -2.17. The number of nitrogens with zero attached hydrogens (tertiary/aromatic N) is 1. The minimum Gasteiger partial charge on any atom is -0.466 e. The summed E-state index contributed by atoms with van der Waals surface area (Å²) in [6.07, 6.45) is -3.61. The van der Waals surface area contributed by atoms with E-state index in [4.69, 9.17) is 14.2 Å². The van der Waals surface area contributed by atoms with Crippen molar-refractivity contribution in [1.29, 1.82) is 0 Å². The maximum absolute atomic E-state index is 13.3. The Hall–Kier alpha value is -3.13. The number of alkyl halides is 3. The Kier molecular flexibility index (Phi) is 7.12. The molecule has 0 N–H and O–H groups in total. The zero-order valence-electron chi connectivity index (χ0n) is 17.1. The molecule has 31 heavy (non-hydrogen) atoms. The molecule has 0 saturated heterocycles. The molecule has 1 heterocycles. The number of hydrogen-bond acceptors (Lipinski definition) is 5. The number of fused-ring (bicyclic) bond motifs is 1. The van der Waals surface area contributed by atoms with E-state index in [1.165, 1.54) is 24.4 Å². The minimum atomic E-state index is -4.51. The van der Waals surface area contributed by atoms with Gasteiger partial charge in [-0.2, -0.15) is 13.2 Å². The zero-order chi connectivity index (χ0) is 22.4. The number of halogens is 3. The number of benzene rings is 2. The van der Waals surface area contributed by atoms with Crippen LogP contribution in [0, 0.1) is 0 Å². The average molecular weight is 433 g/mol. The van der Waals surface area contributed by atoms with E-state index in [-0.39, 0.29) is 29.0 Å². The van der Waals surface area contributed by atoms with Gasteiger partial charge in [-0.25, -0.2) is 0 Å². The Morgan fingerprint density at radius 1 is 1.03 bits per heavy atom. The fourth-order valence-corrected chi connectivity index (χ4v) is 3.19. The largest absolute Gasteiger partial charge is 0.466 e. The van der Waals surface area contributed by atoms with Gasteiger partial charge in [-0.3, -0.25) is 9.78 Å². The van der Waals surface area contributed by atoms with Crippen molar-refractivity contribution in [2.24, 2.45) is 0 Å². The van der Waals surface area contributed by atoms with Gasteiger partial charge in [0, 0.05) is 18.2 Å². The second-order valence-electron chi connectivity index (χ2n) is 6.63. The highest BCUT2D eigenvalue weighted by atomic mass is 19.4. The van der Waals surface area contributed by atoms with Crippen LogP contribution in [0.5, 0.6) is 11.5 Å². The second-order valence-corrected chi connectivity index (χ2v) is 6.63. The summed E-state index contributed by atoms with van der Waals surface area (Å²) in [4.78, 5) is 15.7. The Morgan fingerprint density at radius 2 is 1.77 bits per heavy atom. The molecule has 3 aromatic rings. The third-order valence-electron chi connectivity index (χ3n) is 4.54. The van der Waals surface area contributed by atoms with Gasteiger partial charge in [-0.1, -0.05) is 18.2 Å². The van der Waals surface area contributed by atoms with Crippen LogP contribution < -0.4 is 4.74 Å². The molecule has 1 aromatic heterocycles. The molecular weight excluding hydrogens is 411 g/mol. The van der Waals surface area contributed by atoms with Crippen LogP contribution in [0.1, 0.15) is 37.5 Å². The van der Waals surface area contributed by atoms with Crippen LogP contribution in [0.2, 0.25) is 0 Å². The molecule has 0 saturated carbocycles. The number of rotatable bonds is 8. The molecule has 5 nitrogen and oxygen atoms in total. The number of para-hydroxylation sites is 1. The highest BCUT2D eigenvalue weighted by Crippen LogP contribution is 2.37. The van der Waals surface area contributed by atoms with Crippen molar-refractivity contribution in [3.8, 4) is 11.5 Å². The van der Waals surface area contributed by atoms with Gasteiger partial charge in [0.1, 0.15) is 11.5 Å². The van der Waals surface area contributed by atoms with E-state index in [1.54, 1.807) is 31.2 Å². The molecule has 0 aliphatic heterocycles. The van der Waals surface area contributed by atoms with Gasteiger partial charge < -0.3 is 14.2 Å². The number of carbonyl (C=O) groups is 1. The molecule has 0 amide bonds. The molecule has 3 rings (SSSR count). The summed E-state index contributed by atoms with van der Waals surface area (Å²) in [6, 6.07) is 12.2. The molecule has 0 aliphatic rings. The monoisotopic (exact) mass is 433 g/mol. The predicted molar refractivity (Wildman–Crippen MR) is 109 cm³/mol. The van der Waals surface area contributed by atoms with E-state index in [0.717, 1.165) is 11.6 Å². The highest BCUT2D eigenvalue weighted by Gasteiger charge is 2.33. The van der Waals surface area contributed by atoms with Crippen LogP contribution in [-0.4, -0.2) is 24.2 Å². The maximum Gasteiger partial charge on any atom is 0.418 e. The SMILES string of the molecule is CCOC(=O)CC(OCC)c1ccc(Oc2ccnc3c(C(F)(F)F)cccc23)cc1. The van der Waals surface area contributed by atoms with Crippen LogP contribution in [0.25, 0.3) is 10.9 Å². The topological polar surface area (TPSA) is 57.7 Å². The van der Waals surface area contributed by atoms with Crippen molar-refractivity contribution in [2.45, 2.75) is 32.5 Å². The third kappa shape index (κ3) is 5.52. The molecule has 164 valence electrons. The van der Waals surface area contributed by atoms with E-state index in [2.05, 4.69) is 4.98 Å². The molecule has 8 heteroatoms. The smallest absolute Gasteiger partial charge is 0.418 e. The van der Waals surface area contributed by atoms with Gasteiger partial charge in [-0.05, 0) is 49.7 Å². The summed E-state index contributed by atoms with van der Waals surface area (Å²) in [6.45, 7) is 4.28. The summed E-state index contributed by atoms with van der Waals surface area (Å²) in [5, 5.41) is 0.260. The van der Waals surface area contributed by atoms with Crippen LogP contribution in [-0.2, 0) is 20.4 Å². The molecule has 0 spiro atoms. The first kappa shape index (κ1) is 22.6. The van der Waals surface area contributed by atoms with Crippen molar-refractivity contribution in [2.75, 3.05) is 13.2 Å². The van der Waals surface area contributed by atoms with E-state index >= 15 is 0 Å². The van der Waals surface area contributed by atoms with Crippen molar-refractivity contribution in [3.63, 3.8) is 0 Å². The highest BCUT2D eigenvalue weighted by molar-refractivity contribution is 5.88. The van der Waals surface area contributed by atoms with Crippen LogP contribution in [0.3, 0.4) is 0 Å². The first-order valence-electron chi connectivity index (χ1n) is 9.83. The fourth-order valence-electron chi connectivity index (χ4n) is 3.19. The summed E-state index contributed by atoms with van der Waals surface area (Å²) in [5.41, 5.74) is -0.222. The number of hydrogen-bond donors (Lipinski definition) is 0. The molecule has 1 unspecified atom stereocenters. The van der Waals surface area contributed by atoms with Gasteiger partial charge in [0.15, 0.2) is 0 Å². The molecule has 2 aromatic carbocycles. The van der Waals surface area contributed by atoms with Crippen molar-refractivity contribution in [3.05, 3.63) is 65.9 Å². The molecule has 0 fully saturated rings. The first-order chi connectivity index (χ1) is 14.8. The molecule has 1 atom stereocenters. The molecule has 0 aliphatic carbocycles. The van der Waals surface area contributed by atoms with Gasteiger partial charge in [0.2, 0.25) is 0 Å². The molecule has 0 radical (unpaired) electrons. The zero-order valence-corrected chi connectivity index (χ0v) is 17.1. The van der Waals surface area contributed by atoms with E-state index in [1.807, 2.05) is 6.92 Å². The van der Waals surface area contributed by atoms with Gasteiger partial charge in [-0.15, -0.1) is 0 Å². The summed E-state index contributed by atoms with van der Waals surface area (Å²) in [5.74, 6) is 0.335. The Balaban J connectivity index is 1.84. The number of ether oxygens (including phenoxy) is 3. The lowest BCUT2D eigenvalue weighted by molar-refractivity contribution is -0.146. The average Bonchev–Trinajstić information content (AvgIpc) is 2.73. The normalized spacial score (nSPS) is 12.5. The van der Waals surface area contributed by atoms with E-state index in [0.29, 0.717) is 19.0 Å². The number of esters is 1. The van der Waals surface area contributed by atoms with Crippen LogP contribution >= 0.6 is 0 Å². The standard InChI is InChI=1S/C23H22F3NO4/c1-3-29-20(14-21(28)30-4-2)15-8-10-16(11-9-15)31-19-12-13-27-22-17(19)6-5-7-18(22)23(24,25)26/h5-13,20H,3-4,14H2,1-2H3. The number of carbonyl (C=O) groups excluding carboxylic acids is 1. The second kappa shape index (κ2) is 9.78. The predicted octanol–water partition coefficient (Wildman–Crippen LogP) is 6.08. The molecular formula is C23H22F3NO4. The Bertz CT molecular complexity index is 1040. The maximum atomic E-state index is 13.3. The number of aromatic nitrogens is 1. The summed E-state index contributed by atoms with van der Waals surface area (Å²) >= 11 is 0. The Morgan fingerprint density at radius 3 is 2.42 bits per heavy atom. The van der Waals surface area contributed by atoms with E-state index < -0.39 is 17.8 Å². The quantitative estimate of drug-likeness (QED) is 0.403. The summed E-state index contributed by atoms with van der Waals surface area (Å²) < 4.78 is 56.3. The minimum absolute atomic E-state index is 0.0805. The number of pyridine rings is 1. The first-order valence-corrected chi connectivity index (χ1v) is 9.83. The van der Waals surface area contributed by atoms with Crippen LogP contribution in [0.4, 0.5) is 13.2 Å². The van der Waals surface area contributed by atoms with Crippen molar-refractivity contribution >= 4 is 16.9 Å². The van der Waals surface area contributed by atoms with Crippen molar-refractivity contribution < 1.29 is 32.2 Å². The summed E-state index contributed by atoms with van der Waals surface area (Å²) in [7, 11) is 0. The van der Waals surface area contributed by atoms with Gasteiger partial charge >= 0.3 is 12.1 Å². The van der Waals surface area contributed by atoms with Crippen molar-refractivity contribution in [1.82, 2.24) is 4.98 Å². The lowest BCUT2D eigenvalue weighted by Crippen LogP contribution is -2.13. The van der Waals surface area contributed by atoms with Gasteiger partial charge in [0.25, 0.3) is 0 Å². The fraction of sp³-hybridized carbons (Fsp3) is 0.304. The van der Waals surface area contributed by atoms with E-state index in [9.17, 15) is 18.0 Å². The molecule has 0 bridgehead atoms. The van der Waals surface area contributed by atoms with Crippen LogP contribution in [0.15, 0.2) is 54.7 Å². The van der Waals surface area contributed by atoms with Gasteiger partial charge in [0.05, 0.1) is 30.2 Å². The lowest BCUT2D eigenvalue weighted by atomic mass is 10.1. The Labute approximate surface area is 177 Å².